The second-order valence-electron chi connectivity index (χ2n) is 6.02. The molecule has 2 fully saturated rings. The Morgan fingerprint density at radius 1 is 1.41 bits per heavy atom. The fourth-order valence-electron chi connectivity index (χ4n) is 3.02. The van der Waals surface area contributed by atoms with Crippen LogP contribution in [0, 0.1) is 10.1 Å². The van der Waals surface area contributed by atoms with E-state index in [1.807, 2.05) is 16.8 Å². The molecule has 1 aliphatic carbocycles. The predicted molar refractivity (Wildman–Crippen MR) is 82.7 cm³/mol. The number of nitro groups is 1. The maximum absolute atomic E-state index is 12.4. The molecule has 1 atom stereocenters. The van der Waals surface area contributed by atoms with E-state index in [4.69, 9.17) is 11.6 Å². The highest BCUT2D eigenvalue weighted by atomic mass is 35.5. The molecule has 1 aromatic carbocycles. The van der Waals surface area contributed by atoms with Gasteiger partial charge in [0.1, 0.15) is 0 Å². The molecule has 1 heterocycles. The molecule has 118 valence electrons. The van der Waals surface area contributed by atoms with E-state index in [0.29, 0.717) is 23.2 Å². The van der Waals surface area contributed by atoms with E-state index in [-0.39, 0.29) is 17.6 Å². The van der Waals surface area contributed by atoms with Gasteiger partial charge in [0.15, 0.2) is 0 Å². The molecule has 1 aromatic rings. The Balaban J connectivity index is 1.71. The summed E-state index contributed by atoms with van der Waals surface area (Å²) in [5.74, 6) is 0.173. The summed E-state index contributed by atoms with van der Waals surface area (Å²) in [5, 5.41) is 11.4. The minimum Gasteiger partial charge on any atom is -0.338 e. The van der Waals surface area contributed by atoms with Crippen LogP contribution in [0.5, 0.6) is 0 Å². The molecule has 0 radical (unpaired) electrons. The summed E-state index contributed by atoms with van der Waals surface area (Å²) in [4.78, 5) is 26.8. The number of nitro benzene ring substituents is 1. The maximum atomic E-state index is 12.4. The number of benzene rings is 1. The lowest BCUT2D eigenvalue weighted by Gasteiger charge is -2.24. The fourth-order valence-corrected chi connectivity index (χ4v) is 3.20. The monoisotopic (exact) mass is 323 g/mol. The molecule has 6 nitrogen and oxygen atoms in total. The van der Waals surface area contributed by atoms with Gasteiger partial charge in [0, 0.05) is 36.3 Å². The molecule has 7 heteroatoms. The molecule has 1 amide bonds. The Morgan fingerprint density at radius 3 is 2.77 bits per heavy atom. The molecule has 1 saturated carbocycles. The van der Waals surface area contributed by atoms with E-state index < -0.39 is 4.92 Å². The van der Waals surface area contributed by atoms with E-state index >= 15 is 0 Å². The number of nitrogens with zero attached hydrogens (tertiary/aromatic N) is 3. The first-order chi connectivity index (χ1) is 10.5. The lowest BCUT2D eigenvalue weighted by Crippen LogP contribution is -2.40. The zero-order chi connectivity index (χ0) is 15.9. The number of likely N-dealkylation sites (N-methyl/N-ethyl adjacent to an activating group) is 1. The van der Waals surface area contributed by atoms with Crippen LogP contribution in [0.25, 0.3) is 0 Å². The van der Waals surface area contributed by atoms with Gasteiger partial charge >= 0.3 is 0 Å². The topological polar surface area (TPSA) is 66.7 Å². The van der Waals surface area contributed by atoms with Crippen molar-refractivity contribution < 1.29 is 9.72 Å². The van der Waals surface area contributed by atoms with Crippen LogP contribution >= 0.6 is 11.6 Å². The highest BCUT2D eigenvalue weighted by Gasteiger charge is 2.41. The van der Waals surface area contributed by atoms with Gasteiger partial charge < -0.3 is 4.90 Å². The molecule has 0 bridgehead atoms. The Labute approximate surface area is 133 Å². The summed E-state index contributed by atoms with van der Waals surface area (Å²) in [6.45, 7) is 1.23. The molecule has 0 unspecified atom stereocenters. The molecule has 0 N–H and O–H groups in total. The first kappa shape index (κ1) is 15.2. The van der Waals surface area contributed by atoms with Crippen LogP contribution in [0.1, 0.15) is 24.8 Å². The summed E-state index contributed by atoms with van der Waals surface area (Å²) in [7, 11) is 1.87. The number of carbonyl (C=O) groups is 1. The van der Waals surface area contributed by atoms with Crippen molar-refractivity contribution in [2.24, 2.45) is 0 Å². The second-order valence-corrected chi connectivity index (χ2v) is 6.42. The Morgan fingerprint density at radius 2 is 2.14 bits per heavy atom. The molecule has 1 aliphatic heterocycles. The minimum atomic E-state index is -0.435. The lowest BCUT2D eigenvalue weighted by molar-refractivity contribution is -0.384. The number of hydrogen-bond donors (Lipinski definition) is 0. The standard InChI is InChI=1S/C15H18ClN3O3/c1-17(14-6-7-18(15(14)20)11-2-3-11)9-10-8-12(19(21)22)4-5-13(10)16/h4-5,8,11,14H,2-3,6-7,9H2,1H3/t14-/m0/s1. The molecular weight excluding hydrogens is 306 g/mol. The van der Waals surface area contributed by atoms with Gasteiger partial charge in [-0.05, 0) is 37.9 Å². The maximum Gasteiger partial charge on any atom is 0.269 e. The van der Waals surface area contributed by atoms with Gasteiger partial charge in [0.05, 0.1) is 11.0 Å². The number of non-ortho nitro benzene ring substituents is 1. The first-order valence-electron chi connectivity index (χ1n) is 7.41. The van der Waals surface area contributed by atoms with Crippen LogP contribution in [0.3, 0.4) is 0 Å². The predicted octanol–water partition coefficient (Wildman–Crippen LogP) is 2.44. The van der Waals surface area contributed by atoms with Crippen molar-refractivity contribution in [3.05, 3.63) is 38.9 Å². The van der Waals surface area contributed by atoms with Gasteiger partial charge in [-0.25, -0.2) is 0 Å². The third-order valence-electron chi connectivity index (χ3n) is 4.39. The normalized spacial score (nSPS) is 21.7. The summed E-state index contributed by atoms with van der Waals surface area (Å²) >= 11 is 6.13. The molecule has 2 aliphatic rings. The van der Waals surface area contributed by atoms with Crippen LogP contribution in [0.2, 0.25) is 5.02 Å². The SMILES string of the molecule is CN(Cc1cc([N+](=O)[O-])ccc1Cl)[C@H]1CCN(C2CC2)C1=O. The average Bonchev–Trinajstić information content (AvgIpc) is 3.24. The third-order valence-corrected chi connectivity index (χ3v) is 4.76. The quantitative estimate of drug-likeness (QED) is 0.616. The van der Waals surface area contributed by atoms with Crippen LogP contribution in [0.4, 0.5) is 5.69 Å². The largest absolute Gasteiger partial charge is 0.338 e. The third kappa shape index (κ3) is 2.94. The minimum absolute atomic E-state index is 0.0187. The second kappa shape index (κ2) is 5.85. The van der Waals surface area contributed by atoms with Gasteiger partial charge in [0.25, 0.3) is 5.69 Å². The zero-order valence-corrected chi connectivity index (χ0v) is 13.1. The molecule has 0 aromatic heterocycles. The zero-order valence-electron chi connectivity index (χ0n) is 12.4. The number of hydrogen-bond acceptors (Lipinski definition) is 4. The van der Waals surface area contributed by atoms with E-state index in [1.54, 1.807) is 0 Å². The molecular formula is C15H18ClN3O3. The van der Waals surface area contributed by atoms with Crippen molar-refractivity contribution in [1.82, 2.24) is 9.80 Å². The molecule has 0 spiro atoms. The Bertz CT molecular complexity index is 618. The first-order valence-corrected chi connectivity index (χ1v) is 7.78. The van der Waals surface area contributed by atoms with Crippen LogP contribution in [-0.4, -0.2) is 46.3 Å². The van der Waals surface area contributed by atoms with Crippen LogP contribution in [0.15, 0.2) is 18.2 Å². The Hall–Kier alpha value is -1.66. The van der Waals surface area contributed by atoms with Crippen LogP contribution in [-0.2, 0) is 11.3 Å². The highest BCUT2D eigenvalue weighted by molar-refractivity contribution is 6.31. The number of likely N-dealkylation sites (tertiary alicyclic amines) is 1. The summed E-state index contributed by atoms with van der Waals surface area (Å²) in [6, 6.07) is 4.69. The summed E-state index contributed by atoms with van der Waals surface area (Å²) in [5.41, 5.74) is 0.696. The van der Waals surface area contributed by atoms with Gasteiger partial charge in [-0.2, -0.15) is 0 Å². The van der Waals surface area contributed by atoms with Gasteiger partial charge in [0.2, 0.25) is 5.91 Å². The van der Waals surface area contributed by atoms with Crippen molar-refractivity contribution in [3.63, 3.8) is 0 Å². The number of amides is 1. The van der Waals surface area contributed by atoms with E-state index in [2.05, 4.69) is 0 Å². The summed E-state index contributed by atoms with van der Waals surface area (Å²) < 4.78 is 0. The van der Waals surface area contributed by atoms with Gasteiger partial charge in [-0.15, -0.1) is 0 Å². The highest BCUT2D eigenvalue weighted by Crippen LogP contribution is 2.32. The Kier molecular flexibility index (Phi) is 4.06. The number of halogens is 1. The van der Waals surface area contributed by atoms with Crippen molar-refractivity contribution in [3.8, 4) is 0 Å². The van der Waals surface area contributed by atoms with Crippen molar-refractivity contribution in [1.29, 1.82) is 0 Å². The number of carbonyl (C=O) groups excluding carboxylic acids is 1. The molecule has 3 rings (SSSR count). The fraction of sp³-hybridized carbons (Fsp3) is 0.533. The van der Waals surface area contributed by atoms with Crippen molar-refractivity contribution >= 4 is 23.2 Å². The van der Waals surface area contributed by atoms with Crippen LogP contribution < -0.4 is 0 Å². The van der Waals surface area contributed by atoms with Crippen molar-refractivity contribution in [2.45, 2.75) is 37.9 Å². The van der Waals surface area contributed by atoms with E-state index in [9.17, 15) is 14.9 Å². The van der Waals surface area contributed by atoms with E-state index in [1.165, 1.54) is 18.2 Å². The van der Waals surface area contributed by atoms with E-state index in [0.717, 1.165) is 25.8 Å². The smallest absolute Gasteiger partial charge is 0.269 e. The average molecular weight is 324 g/mol. The van der Waals surface area contributed by atoms with Crippen molar-refractivity contribution in [2.75, 3.05) is 13.6 Å². The molecule has 22 heavy (non-hydrogen) atoms. The molecule has 1 saturated heterocycles. The summed E-state index contributed by atoms with van der Waals surface area (Å²) in [6.07, 6.45) is 3.02. The van der Waals surface area contributed by atoms with Gasteiger partial charge in [-0.3, -0.25) is 19.8 Å². The van der Waals surface area contributed by atoms with Gasteiger partial charge in [-0.1, -0.05) is 11.6 Å². The lowest BCUT2D eigenvalue weighted by atomic mass is 10.1. The number of rotatable bonds is 5.